The quantitative estimate of drug-likeness (QED) is 0.466. The summed E-state index contributed by atoms with van der Waals surface area (Å²) in [6, 6.07) is 2.04. The molecule has 2 aliphatic heterocycles. The number of anilines is 1. The number of hydrogen-bond acceptors (Lipinski definition) is 5. The average Bonchev–Trinajstić information content (AvgIpc) is 2.73. The Morgan fingerprint density at radius 2 is 2.17 bits per heavy atom. The highest BCUT2D eigenvalue weighted by atomic mass is 35.5. The Morgan fingerprint density at radius 3 is 2.80 bits per heavy atom. The third kappa shape index (κ3) is 5.13. The monoisotopic (exact) mass is 434 g/mol. The number of piperidine rings is 1. The van der Waals surface area contributed by atoms with Crippen LogP contribution in [0.4, 0.5) is 10.2 Å². The summed E-state index contributed by atoms with van der Waals surface area (Å²) in [5.74, 6) is 0.856. The van der Waals surface area contributed by atoms with Crippen LogP contribution in [0.5, 0.6) is 0 Å². The van der Waals surface area contributed by atoms with Gasteiger partial charge in [-0.1, -0.05) is 18.2 Å². The molecule has 0 aromatic carbocycles. The lowest BCUT2D eigenvalue weighted by Crippen LogP contribution is -2.45. The molecule has 1 saturated heterocycles. The molecule has 3 rings (SSSR count). The highest BCUT2D eigenvalue weighted by Crippen LogP contribution is 2.29. The summed E-state index contributed by atoms with van der Waals surface area (Å²) in [5, 5.41) is 16.3. The number of hydrogen-bond donors (Lipinski definition) is 3. The van der Waals surface area contributed by atoms with Crippen molar-refractivity contribution < 1.29 is 4.39 Å². The van der Waals surface area contributed by atoms with Crippen molar-refractivity contribution in [1.29, 1.82) is 5.41 Å². The van der Waals surface area contributed by atoms with Crippen LogP contribution in [0.1, 0.15) is 44.8 Å². The van der Waals surface area contributed by atoms with Crippen LogP contribution in [0.15, 0.2) is 35.8 Å². The molecule has 0 saturated carbocycles. The molecular formula is C22H32ClFN6. The second kappa shape index (κ2) is 9.79. The van der Waals surface area contributed by atoms with Gasteiger partial charge < -0.3 is 20.4 Å². The van der Waals surface area contributed by atoms with E-state index in [-0.39, 0.29) is 0 Å². The van der Waals surface area contributed by atoms with Gasteiger partial charge in [-0.15, -0.1) is 0 Å². The first-order valence-electron chi connectivity index (χ1n) is 10.5. The van der Waals surface area contributed by atoms with E-state index in [2.05, 4.69) is 27.1 Å². The number of nitrogens with zero attached hydrogens (tertiary/aromatic N) is 3. The minimum absolute atomic E-state index is 0.298. The van der Waals surface area contributed by atoms with Gasteiger partial charge >= 0.3 is 0 Å². The standard InChI is InChI=1S/C22H32ClFN6/c1-14(2)30-10-7-20(28-16-5-8-26-9-6-16)18(13-30)22(25)29(4)21-11-17(15(3)24)19(23)12-27-21/h11-12,15-16,25-26,28H,1,5-10,13H2,2-4H3. The molecule has 0 bridgehead atoms. The van der Waals surface area contributed by atoms with Gasteiger partial charge in [-0.2, -0.15) is 0 Å². The van der Waals surface area contributed by atoms with Crippen LogP contribution in [0.3, 0.4) is 0 Å². The molecule has 2 aliphatic rings. The zero-order valence-electron chi connectivity index (χ0n) is 18.1. The Morgan fingerprint density at radius 1 is 1.47 bits per heavy atom. The van der Waals surface area contributed by atoms with Gasteiger partial charge in [0.05, 0.1) is 5.02 Å². The van der Waals surface area contributed by atoms with Crippen molar-refractivity contribution in [3.8, 4) is 0 Å². The summed E-state index contributed by atoms with van der Waals surface area (Å²) in [6.07, 6.45) is 3.23. The van der Waals surface area contributed by atoms with Gasteiger partial charge in [0.2, 0.25) is 0 Å². The highest BCUT2D eigenvalue weighted by molar-refractivity contribution is 6.31. The van der Waals surface area contributed by atoms with Crippen molar-refractivity contribution in [3.63, 3.8) is 0 Å². The lowest BCUT2D eigenvalue weighted by Gasteiger charge is -2.37. The van der Waals surface area contributed by atoms with E-state index in [0.29, 0.717) is 34.8 Å². The molecule has 3 heterocycles. The molecule has 1 fully saturated rings. The van der Waals surface area contributed by atoms with E-state index in [1.54, 1.807) is 18.0 Å². The molecule has 1 aromatic rings. The summed E-state index contributed by atoms with van der Waals surface area (Å²) in [6.45, 7) is 11.0. The van der Waals surface area contributed by atoms with Crippen LogP contribution in [-0.4, -0.2) is 55.0 Å². The maximum atomic E-state index is 13.9. The number of pyridine rings is 1. The van der Waals surface area contributed by atoms with E-state index in [1.807, 2.05) is 6.92 Å². The lowest BCUT2D eigenvalue weighted by molar-refractivity contribution is 0.342. The minimum atomic E-state index is -1.20. The second-order valence-electron chi connectivity index (χ2n) is 8.12. The van der Waals surface area contributed by atoms with Crippen LogP contribution >= 0.6 is 11.6 Å². The topological polar surface area (TPSA) is 67.3 Å². The molecule has 1 unspecified atom stereocenters. The maximum Gasteiger partial charge on any atom is 0.134 e. The number of alkyl halides is 1. The summed E-state index contributed by atoms with van der Waals surface area (Å²) in [4.78, 5) is 8.22. The Bertz CT molecular complexity index is 831. The molecule has 0 aliphatic carbocycles. The Kier molecular flexibility index (Phi) is 7.36. The first-order chi connectivity index (χ1) is 14.3. The molecular weight excluding hydrogens is 403 g/mol. The van der Waals surface area contributed by atoms with E-state index in [0.717, 1.165) is 55.9 Å². The lowest BCUT2D eigenvalue weighted by atomic mass is 10.00. The summed E-state index contributed by atoms with van der Waals surface area (Å²) in [7, 11) is 1.79. The highest BCUT2D eigenvalue weighted by Gasteiger charge is 2.27. The van der Waals surface area contributed by atoms with E-state index in [1.165, 1.54) is 13.1 Å². The summed E-state index contributed by atoms with van der Waals surface area (Å²) >= 11 is 6.09. The van der Waals surface area contributed by atoms with Crippen molar-refractivity contribution in [2.75, 3.05) is 38.1 Å². The minimum Gasteiger partial charge on any atom is -0.385 e. The van der Waals surface area contributed by atoms with Gasteiger partial charge in [-0.25, -0.2) is 9.37 Å². The first-order valence-corrected chi connectivity index (χ1v) is 10.9. The fraction of sp³-hybridized carbons (Fsp3) is 0.545. The first kappa shape index (κ1) is 22.6. The van der Waals surface area contributed by atoms with Crippen LogP contribution in [0.25, 0.3) is 0 Å². The van der Waals surface area contributed by atoms with Gasteiger partial charge in [0.25, 0.3) is 0 Å². The molecule has 1 aromatic heterocycles. The van der Waals surface area contributed by atoms with E-state index in [9.17, 15) is 4.39 Å². The van der Waals surface area contributed by atoms with E-state index < -0.39 is 6.17 Å². The zero-order valence-corrected chi connectivity index (χ0v) is 18.8. The van der Waals surface area contributed by atoms with Gasteiger partial charge in [0.1, 0.15) is 17.8 Å². The number of allylic oxidation sites excluding steroid dienone is 1. The number of nitrogens with one attached hydrogen (secondary N) is 3. The van der Waals surface area contributed by atoms with Crippen molar-refractivity contribution in [1.82, 2.24) is 20.5 Å². The molecule has 164 valence electrons. The van der Waals surface area contributed by atoms with Crippen molar-refractivity contribution in [2.45, 2.75) is 45.3 Å². The third-order valence-electron chi connectivity index (χ3n) is 5.87. The molecule has 6 nitrogen and oxygen atoms in total. The average molecular weight is 435 g/mol. The number of aromatic nitrogens is 1. The van der Waals surface area contributed by atoms with Crippen molar-refractivity contribution in [2.24, 2.45) is 0 Å². The largest absolute Gasteiger partial charge is 0.385 e. The molecule has 0 amide bonds. The SMILES string of the molecule is C=C(C)N1CCC(NC2CCNCC2)=C(C(=N)N(C)c2cc(C(C)F)c(Cl)cn2)C1. The van der Waals surface area contributed by atoms with Crippen molar-refractivity contribution in [3.05, 3.63) is 46.4 Å². The predicted molar refractivity (Wildman–Crippen MR) is 122 cm³/mol. The third-order valence-corrected chi connectivity index (χ3v) is 6.18. The smallest absolute Gasteiger partial charge is 0.134 e. The fourth-order valence-corrected chi connectivity index (χ4v) is 4.18. The molecule has 0 spiro atoms. The van der Waals surface area contributed by atoms with Gasteiger partial charge in [0.15, 0.2) is 0 Å². The van der Waals surface area contributed by atoms with Crippen molar-refractivity contribution >= 4 is 23.3 Å². The predicted octanol–water partition coefficient (Wildman–Crippen LogP) is 4.01. The van der Waals surface area contributed by atoms with Crippen LogP contribution in [0.2, 0.25) is 5.02 Å². The fourth-order valence-electron chi connectivity index (χ4n) is 3.93. The second-order valence-corrected chi connectivity index (χ2v) is 8.53. The molecule has 1 atom stereocenters. The number of rotatable bonds is 6. The molecule has 8 heteroatoms. The van der Waals surface area contributed by atoms with Gasteiger partial charge in [-0.3, -0.25) is 5.41 Å². The number of halogens is 2. The Balaban J connectivity index is 1.89. The summed E-state index contributed by atoms with van der Waals surface area (Å²) < 4.78 is 13.9. The van der Waals surface area contributed by atoms with E-state index in [4.69, 9.17) is 17.0 Å². The molecule has 0 radical (unpaired) electrons. The zero-order chi connectivity index (χ0) is 21.8. The maximum absolute atomic E-state index is 13.9. The molecule has 3 N–H and O–H groups in total. The van der Waals surface area contributed by atoms with Crippen LogP contribution in [0, 0.1) is 5.41 Å². The Labute approximate surface area is 183 Å². The summed E-state index contributed by atoms with van der Waals surface area (Å²) in [5.41, 5.74) is 3.42. The van der Waals surface area contributed by atoms with Gasteiger partial charge in [-0.05, 0) is 45.8 Å². The van der Waals surface area contributed by atoms with E-state index >= 15 is 0 Å². The normalized spacial score (nSPS) is 18.9. The number of likely N-dealkylation sites (N-methyl/N-ethyl adjacent to an activating group) is 1. The number of amidine groups is 1. The Hall–Kier alpha value is -2.12. The molecule has 30 heavy (non-hydrogen) atoms. The van der Waals surface area contributed by atoms with Crippen LogP contribution in [-0.2, 0) is 0 Å². The van der Waals surface area contributed by atoms with Crippen LogP contribution < -0.4 is 15.5 Å². The van der Waals surface area contributed by atoms with Gasteiger partial charge in [0, 0.05) is 61.3 Å².